The third-order valence-electron chi connectivity index (χ3n) is 4.38. The minimum atomic E-state index is -1.21. The van der Waals surface area contributed by atoms with Crippen LogP contribution in [0.2, 0.25) is 20.1 Å². The number of ether oxygens (including phenoxy) is 2. The topological polar surface area (TPSA) is 134 Å². The van der Waals surface area contributed by atoms with E-state index in [9.17, 15) is 9.59 Å². The number of aromatic nitrogens is 6. The Kier molecular flexibility index (Phi) is 10.6. The maximum absolute atomic E-state index is 11.4. The van der Waals surface area contributed by atoms with Gasteiger partial charge < -0.3 is 14.6 Å². The molecule has 0 atom stereocenters. The number of halogens is 5. The molecule has 0 unspecified atom stereocenters. The zero-order valence-electron chi connectivity index (χ0n) is 19.7. The molecule has 0 fully saturated rings. The molecule has 0 saturated heterocycles. The Balaban J connectivity index is 0.000000220. The van der Waals surface area contributed by atoms with Crippen LogP contribution in [-0.2, 0) is 0 Å². The van der Waals surface area contributed by atoms with E-state index < -0.39 is 11.2 Å². The van der Waals surface area contributed by atoms with Crippen LogP contribution >= 0.6 is 58.0 Å². The fourth-order valence-electron chi connectivity index (χ4n) is 2.83. The van der Waals surface area contributed by atoms with E-state index in [0.29, 0.717) is 10.0 Å². The number of carboxylic acids is 1. The van der Waals surface area contributed by atoms with E-state index in [1.54, 1.807) is 0 Å². The summed E-state index contributed by atoms with van der Waals surface area (Å²) in [5, 5.41) is 17.5. The monoisotopic (exact) mass is 640 g/mol. The number of pyridine rings is 2. The highest BCUT2D eigenvalue weighted by atomic mass is 35.5. The van der Waals surface area contributed by atoms with Gasteiger partial charge in [-0.25, -0.2) is 24.1 Å². The van der Waals surface area contributed by atoms with Gasteiger partial charge in [-0.3, -0.25) is 4.79 Å². The molecule has 204 valence electrons. The normalized spacial score (nSPS) is 10.1. The van der Waals surface area contributed by atoms with Crippen LogP contribution in [0.15, 0.2) is 36.7 Å². The molecule has 1 N–H and O–H groups in total. The minimum Gasteiger partial charge on any atom is -0.477 e. The summed E-state index contributed by atoms with van der Waals surface area (Å²) < 4.78 is 12.4. The Hall–Kier alpha value is -3.97. The van der Waals surface area contributed by atoms with Gasteiger partial charge in [0.25, 0.3) is 5.24 Å². The first-order valence-corrected chi connectivity index (χ1v) is 12.3. The average molecular weight is 643 g/mol. The number of aromatic carboxylic acids is 1. The van der Waals surface area contributed by atoms with Gasteiger partial charge in [0.15, 0.2) is 30.5 Å². The number of terminal acetylenes is 2. The van der Waals surface area contributed by atoms with Crippen molar-refractivity contribution in [2.24, 2.45) is 0 Å². The van der Waals surface area contributed by atoms with Crippen molar-refractivity contribution < 1.29 is 24.2 Å². The fraction of sp³-hybridized carbons (Fsp3) is 0.0833. The van der Waals surface area contributed by atoms with Gasteiger partial charge in [-0.2, -0.15) is 0 Å². The van der Waals surface area contributed by atoms with E-state index >= 15 is 0 Å². The first-order valence-electron chi connectivity index (χ1n) is 10.4. The lowest BCUT2D eigenvalue weighted by Gasteiger charge is -2.05. The summed E-state index contributed by atoms with van der Waals surface area (Å²) in [7, 11) is 0. The highest BCUT2D eigenvalue weighted by Gasteiger charge is 2.20. The van der Waals surface area contributed by atoms with E-state index in [-0.39, 0.29) is 58.0 Å². The van der Waals surface area contributed by atoms with Gasteiger partial charge in [-0.15, -0.1) is 23.0 Å². The summed E-state index contributed by atoms with van der Waals surface area (Å²) in [6.07, 6.45) is 12.8. The molecule has 0 amide bonds. The molecule has 4 heterocycles. The first kappa shape index (κ1) is 30.6. The van der Waals surface area contributed by atoms with Gasteiger partial charge >= 0.3 is 5.97 Å². The van der Waals surface area contributed by atoms with E-state index in [1.165, 1.54) is 41.3 Å². The Bertz CT molecular complexity index is 1530. The van der Waals surface area contributed by atoms with Crippen molar-refractivity contribution in [1.29, 1.82) is 0 Å². The third-order valence-corrected chi connectivity index (χ3v) is 5.54. The molecule has 40 heavy (non-hydrogen) atoms. The number of carbonyl (C=O) groups excluding carboxylic acids is 1. The lowest BCUT2D eigenvalue weighted by Crippen LogP contribution is -2.09. The number of rotatable bonds is 8. The predicted molar refractivity (Wildman–Crippen MR) is 149 cm³/mol. The lowest BCUT2D eigenvalue weighted by atomic mass is 10.4. The summed E-state index contributed by atoms with van der Waals surface area (Å²) in [5.41, 5.74) is -0.107. The highest BCUT2D eigenvalue weighted by Crippen LogP contribution is 2.26. The second kappa shape index (κ2) is 13.9. The van der Waals surface area contributed by atoms with Gasteiger partial charge in [-0.05, 0) is 23.7 Å². The molecular formula is C24H13Cl5N6O5. The Morgan fingerprint density at radius 1 is 0.800 bits per heavy atom. The van der Waals surface area contributed by atoms with E-state index in [1.807, 2.05) is 0 Å². The molecule has 0 aliphatic carbocycles. The van der Waals surface area contributed by atoms with Crippen molar-refractivity contribution in [3.05, 3.63) is 68.1 Å². The molecule has 0 spiro atoms. The minimum absolute atomic E-state index is 0.00864. The molecule has 4 rings (SSSR count). The molecule has 4 aromatic heterocycles. The zero-order valence-corrected chi connectivity index (χ0v) is 23.5. The summed E-state index contributed by atoms with van der Waals surface area (Å²) in [6.45, 7) is -0.0213. The predicted octanol–water partition coefficient (Wildman–Crippen LogP) is 5.25. The van der Waals surface area contributed by atoms with Gasteiger partial charge in [0.05, 0.1) is 20.1 Å². The average Bonchev–Trinajstić information content (AvgIpc) is 3.51. The second-order valence-corrected chi connectivity index (χ2v) is 9.07. The number of nitrogens with zero attached hydrogens (tertiary/aromatic N) is 6. The Morgan fingerprint density at radius 3 is 1.60 bits per heavy atom. The van der Waals surface area contributed by atoms with Crippen LogP contribution in [0.4, 0.5) is 0 Å². The van der Waals surface area contributed by atoms with Crippen molar-refractivity contribution in [3.63, 3.8) is 0 Å². The van der Waals surface area contributed by atoms with Crippen molar-refractivity contribution in [2.45, 2.75) is 0 Å². The second-order valence-electron chi connectivity index (χ2n) is 7.04. The summed E-state index contributed by atoms with van der Waals surface area (Å²) in [4.78, 5) is 30.6. The number of hydrogen-bond acceptors (Lipinski definition) is 8. The smallest absolute Gasteiger partial charge is 0.354 e. The van der Waals surface area contributed by atoms with Crippen molar-refractivity contribution in [1.82, 2.24) is 29.5 Å². The Labute approximate surface area is 251 Å². The van der Waals surface area contributed by atoms with Crippen LogP contribution in [0, 0.1) is 24.7 Å². The van der Waals surface area contributed by atoms with E-state index in [0.717, 1.165) is 4.68 Å². The van der Waals surface area contributed by atoms with Crippen LogP contribution in [0.25, 0.3) is 11.6 Å². The molecule has 0 radical (unpaired) electrons. The standard InChI is InChI=1S/C12H6Cl3N3O2.C12H7Cl2N3O3/c1-2-3-20-10-5-9(11(15)19)18(17-10)12-8(14)4-7(13)6-16-12;1-2-3-20-10-5-9(12(18)19)17(16-10)11-8(14)4-7(13)6-15-11/h1,4-6H,3H2;1,4-6H,3H2,(H,18,19). The SMILES string of the molecule is C#CCOc1cc(C(=O)Cl)n(-c2ncc(Cl)cc2Cl)n1.C#CCOc1cc(C(=O)O)n(-c2ncc(Cl)cc2Cl)n1. The summed E-state index contributed by atoms with van der Waals surface area (Å²) in [5.74, 6) is 3.87. The molecule has 0 saturated carbocycles. The molecule has 0 aromatic carbocycles. The Morgan fingerprint density at radius 2 is 1.23 bits per heavy atom. The quantitative estimate of drug-likeness (QED) is 0.202. The largest absolute Gasteiger partial charge is 0.477 e. The number of carbonyl (C=O) groups is 2. The molecule has 0 aliphatic heterocycles. The maximum atomic E-state index is 11.4. The fourth-order valence-corrected chi connectivity index (χ4v) is 3.89. The maximum Gasteiger partial charge on any atom is 0.354 e. The van der Waals surface area contributed by atoms with Crippen molar-refractivity contribution in [3.8, 4) is 48.1 Å². The molecule has 11 nitrogen and oxygen atoms in total. The van der Waals surface area contributed by atoms with Gasteiger partial charge in [0.2, 0.25) is 11.8 Å². The number of hydrogen-bond donors (Lipinski definition) is 1. The van der Waals surface area contributed by atoms with Gasteiger partial charge in [-0.1, -0.05) is 58.2 Å². The van der Waals surface area contributed by atoms with Gasteiger partial charge in [0.1, 0.15) is 5.69 Å². The van der Waals surface area contributed by atoms with Crippen LogP contribution in [0.1, 0.15) is 21.0 Å². The summed E-state index contributed by atoms with van der Waals surface area (Å²) >= 11 is 29.0. The highest BCUT2D eigenvalue weighted by molar-refractivity contribution is 6.67. The number of carboxylic acid groups (broad SMARTS) is 1. The first-order chi connectivity index (χ1) is 19.0. The van der Waals surface area contributed by atoms with Crippen LogP contribution in [0.5, 0.6) is 11.8 Å². The summed E-state index contributed by atoms with van der Waals surface area (Å²) in [6, 6.07) is 5.48. The molecule has 0 aliphatic rings. The molecule has 4 aromatic rings. The van der Waals surface area contributed by atoms with E-state index in [2.05, 4.69) is 32.0 Å². The van der Waals surface area contributed by atoms with Crippen molar-refractivity contribution >= 4 is 69.2 Å². The molecule has 0 bridgehead atoms. The van der Waals surface area contributed by atoms with Crippen LogP contribution in [0.3, 0.4) is 0 Å². The van der Waals surface area contributed by atoms with Crippen molar-refractivity contribution in [2.75, 3.05) is 13.2 Å². The van der Waals surface area contributed by atoms with Gasteiger partial charge in [0, 0.05) is 24.5 Å². The molecular weight excluding hydrogens is 630 g/mol. The third kappa shape index (κ3) is 7.57. The van der Waals surface area contributed by atoms with Crippen LogP contribution in [-0.4, -0.2) is 59.1 Å². The molecule has 16 heteroatoms. The van der Waals surface area contributed by atoms with E-state index in [4.69, 9.17) is 85.4 Å². The van der Waals surface area contributed by atoms with Crippen LogP contribution < -0.4 is 9.47 Å². The lowest BCUT2D eigenvalue weighted by molar-refractivity contribution is 0.0686. The zero-order chi connectivity index (χ0) is 29.4.